The molecule has 0 saturated carbocycles. The lowest BCUT2D eigenvalue weighted by Gasteiger charge is -2.09. The van der Waals surface area contributed by atoms with Crippen LogP contribution >= 0.6 is 11.3 Å². The number of rotatable bonds is 5. The predicted octanol–water partition coefficient (Wildman–Crippen LogP) is 4.16. The maximum atomic E-state index is 11.9. The Morgan fingerprint density at radius 2 is 1.96 bits per heavy atom. The summed E-state index contributed by atoms with van der Waals surface area (Å²) >= 11 is 1.57. The zero-order chi connectivity index (χ0) is 17.8. The quantitative estimate of drug-likeness (QED) is 0.544. The Hall–Kier alpha value is -2.66. The Labute approximate surface area is 151 Å². The zero-order valence-electron chi connectivity index (χ0n) is 14.6. The number of hydrogen-bond donors (Lipinski definition) is 1. The molecule has 128 valence electrons. The number of carbonyl (C=O) groups is 1. The Balaban J connectivity index is 1.72. The number of benzene rings is 1. The standard InChI is InChI=1S/C20H21N3OS/c1-14-6-8-18(9-7-14)23-15(2)11-17(16(23)3)13-21-22-20(24)12-19-5-4-10-25-19/h4-11,13H,12H2,1-3H3,(H,22,24)/b21-13-. The fourth-order valence-electron chi connectivity index (χ4n) is 2.79. The minimum Gasteiger partial charge on any atom is -0.318 e. The van der Waals surface area contributed by atoms with Crippen LogP contribution in [-0.4, -0.2) is 16.7 Å². The van der Waals surface area contributed by atoms with Gasteiger partial charge in [0.15, 0.2) is 0 Å². The van der Waals surface area contributed by atoms with Gasteiger partial charge >= 0.3 is 0 Å². The molecule has 0 unspecified atom stereocenters. The van der Waals surface area contributed by atoms with E-state index in [1.54, 1.807) is 17.6 Å². The van der Waals surface area contributed by atoms with E-state index in [2.05, 4.69) is 66.2 Å². The first-order chi connectivity index (χ1) is 12.0. The van der Waals surface area contributed by atoms with Crippen LogP contribution < -0.4 is 5.43 Å². The number of nitrogens with one attached hydrogen (secondary N) is 1. The highest BCUT2D eigenvalue weighted by Gasteiger charge is 2.09. The maximum absolute atomic E-state index is 11.9. The van der Waals surface area contributed by atoms with E-state index in [0.717, 1.165) is 27.5 Å². The second-order valence-corrected chi connectivity index (χ2v) is 7.08. The van der Waals surface area contributed by atoms with Gasteiger partial charge in [-0.2, -0.15) is 5.10 Å². The molecule has 1 aromatic carbocycles. The Kier molecular flexibility index (Phi) is 5.14. The number of hydrazone groups is 1. The third-order valence-electron chi connectivity index (χ3n) is 4.07. The highest BCUT2D eigenvalue weighted by molar-refractivity contribution is 7.10. The van der Waals surface area contributed by atoms with Gasteiger partial charge in [0.05, 0.1) is 12.6 Å². The van der Waals surface area contributed by atoms with Crippen LogP contribution in [0.4, 0.5) is 0 Å². The van der Waals surface area contributed by atoms with Gasteiger partial charge in [-0.1, -0.05) is 23.8 Å². The van der Waals surface area contributed by atoms with Gasteiger partial charge in [0.2, 0.25) is 5.91 Å². The first-order valence-electron chi connectivity index (χ1n) is 8.15. The van der Waals surface area contributed by atoms with Crippen LogP contribution in [0.25, 0.3) is 5.69 Å². The second-order valence-electron chi connectivity index (χ2n) is 6.05. The molecule has 1 N–H and O–H groups in total. The minimum atomic E-state index is -0.106. The number of nitrogens with zero attached hydrogens (tertiary/aromatic N) is 2. The number of carbonyl (C=O) groups excluding carboxylic acids is 1. The van der Waals surface area contributed by atoms with E-state index in [1.165, 1.54) is 5.56 Å². The first-order valence-corrected chi connectivity index (χ1v) is 9.03. The highest BCUT2D eigenvalue weighted by atomic mass is 32.1. The van der Waals surface area contributed by atoms with Gasteiger partial charge in [0.25, 0.3) is 0 Å². The summed E-state index contributed by atoms with van der Waals surface area (Å²) in [6.45, 7) is 6.21. The van der Waals surface area contributed by atoms with E-state index in [0.29, 0.717) is 6.42 Å². The maximum Gasteiger partial charge on any atom is 0.245 e. The summed E-state index contributed by atoms with van der Waals surface area (Å²) in [6, 6.07) is 14.4. The van der Waals surface area contributed by atoms with Crippen molar-refractivity contribution >= 4 is 23.5 Å². The summed E-state index contributed by atoms with van der Waals surface area (Å²) in [6.07, 6.45) is 2.07. The molecule has 0 aliphatic carbocycles. The monoisotopic (exact) mass is 351 g/mol. The molecule has 2 aromatic heterocycles. The largest absolute Gasteiger partial charge is 0.318 e. The summed E-state index contributed by atoms with van der Waals surface area (Å²) in [5, 5.41) is 6.08. The number of hydrogen-bond acceptors (Lipinski definition) is 3. The van der Waals surface area contributed by atoms with Crippen LogP contribution in [0.3, 0.4) is 0 Å². The van der Waals surface area contributed by atoms with Crippen LogP contribution in [0.5, 0.6) is 0 Å². The third kappa shape index (κ3) is 4.06. The van der Waals surface area contributed by atoms with E-state index in [4.69, 9.17) is 0 Å². The fourth-order valence-corrected chi connectivity index (χ4v) is 3.50. The molecule has 4 nitrogen and oxygen atoms in total. The minimum absolute atomic E-state index is 0.106. The van der Waals surface area contributed by atoms with E-state index >= 15 is 0 Å². The molecule has 0 bridgehead atoms. The summed E-state index contributed by atoms with van der Waals surface area (Å²) in [4.78, 5) is 12.9. The Morgan fingerprint density at radius 1 is 1.20 bits per heavy atom. The molecule has 0 atom stereocenters. The normalized spacial score (nSPS) is 11.2. The number of aryl methyl sites for hydroxylation is 2. The molecular formula is C20H21N3OS. The van der Waals surface area contributed by atoms with Crippen molar-refractivity contribution in [3.05, 3.63) is 75.2 Å². The molecule has 1 amide bonds. The molecule has 0 saturated heterocycles. The molecular weight excluding hydrogens is 330 g/mol. The highest BCUT2D eigenvalue weighted by Crippen LogP contribution is 2.20. The number of amides is 1. The van der Waals surface area contributed by atoms with E-state index in [-0.39, 0.29) is 5.91 Å². The molecule has 3 aromatic rings. The lowest BCUT2D eigenvalue weighted by atomic mass is 10.2. The van der Waals surface area contributed by atoms with Crippen LogP contribution in [0.2, 0.25) is 0 Å². The van der Waals surface area contributed by atoms with Gasteiger partial charge in [-0.05, 0) is 50.4 Å². The lowest BCUT2D eigenvalue weighted by Crippen LogP contribution is -2.19. The van der Waals surface area contributed by atoms with E-state index < -0.39 is 0 Å². The average Bonchev–Trinajstić information content (AvgIpc) is 3.17. The topological polar surface area (TPSA) is 46.4 Å². The van der Waals surface area contributed by atoms with Crippen LogP contribution in [0, 0.1) is 20.8 Å². The van der Waals surface area contributed by atoms with Crippen molar-refractivity contribution in [2.24, 2.45) is 5.10 Å². The summed E-state index contributed by atoms with van der Waals surface area (Å²) in [5.74, 6) is -0.106. The summed E-state index contributed by atoms with van der Waals surface area (Å²) < 4.78 is 2.19. The SMILES string of the molecule is Cc1ccc(-n2c(C)cc(/C=N\NC(=O)Cc3cccs3)c2C)cc1. The van der Waals surface area contributed by atoms with Crippen LogP contribution in [-0.2, 0) is 11.2 Å². The molecule has 25 heavy (non-hydrogen) atoms. The van der Waals surface area contributed by atoms with Crippen LogP contribution in [0.1, 0.15) is 27.4 Å². The van der Waals surface area contributed by atoms with Crippen molar-refractivity contribution in [2.45, 2.75) is 27.2 Å². The lowest BCUT2D eigenvalue weighted by molar-refractivity contribution is -0.120. The van der Waals surface area contributed by atoms with Crippen LogP contribution in [0.15, 0.2) is 52.9 Å². The molecule has 0 aliphatic heterocycles. The van der Waals surface area contributed by atoms with Crippen molar-refractivity contribution in [2.75, 3.05) is 0 Å². The van der Waals surface area contributed by atoms with Gasteiger partial charge in [-0.3, -0.25) is 4.79 Å². The zero-order valence-corrected chi connectivity index (χ0v) is 15.4. The smallest absolute Gasteiger partial charge is 0.245 e. The molecule has 0 spiro atoms. The number of thiophene rings is 1. The molecule has 0 fully saturated rings. The second kappa shape index (κ2) is 7.49. The average molecular weight is 351 g/mol. The third-order valence-corrected chi connectivity index (χ3v) is 4.95. The van der Waals surface area contributed by atoms with Gasteiger partial charge < -0.3 is 4.57 Å². The van der Waals surface area contributed by atoms with E-state index in [1.807, 2.05) is 17.5 Å². The Morgan fingerprint density at radius 3 is 2.64 bits per heavy atom. The molecule has 0 aliphatic rings. The van der Waals surface area contributed by atoms with Gasteiger partial charge in [-0.15, -0.1) is 11.3 Å². The molecule has 0 radical (unpaired) electrons. The Bertz CT molecular complexity index is 890. The molecule has 5 heteroatoms. The number of aromatic nitrogens is 1. The van der Waals surface area contributed by atoms with Crippen molar-refractivity contribution < 1.29 is 4.79 Å². The van der Waals surface area contributed by atoms with Crippen molar-refractivity contribution in [1.29, 1.82) is 0 Å². The van der Waals surface area contributed by atoms with Gasteiger partial charge in [0, 0.05) is 27.5 Å². The van der Waals surface area contributed by atoms with Gasteiger partial charge in [0.1, 0.15) is 0 Å². The molecule has 2 heterocycles. The van der Waals surface area contributed by atoms with Crippen molar-refractivity contribution in [3.63, 3.8) is 0 Å². The predicted molar refractivity (Wildman–Crippen MR) is 104 cm³/mol. The molecule has 3 rings (SSSR count). The van der Waals surface area contributed by atoms with Gasteiger partial charge in [-0.25, -0.2) is 5.43 Å². The van der Waals surface area contributed by atoms with Crippen molar-refractivity contribution in [1.82, 2.24) is 9.99 Å². The van der Waals surface area contributed by atoms with E-state index in [9.17, 15) is 4.79 Å². The first kappa shape index (κ1) is 17.2. The fraction of sp³-hybridized carbons (Fsp3) is 0.200. The summed E-state index contributed by atoms with van der Waals surface area (Å²) in [5.41, 5.74) is 8.19. The van der Waals surface area contributed by atoms with Crippen molar-refractivity contribution in [3.8, 4) is 5.69 Å². The summed E-state index contributed by atoms with van der Waals surface area (Å²) in [7, 11) is 0.